The van der Waals surface area contributed by atoms with E-state index in [4.69, 9.17) is 0 Å². The first-order chi connectivity index (χ1) is 9.85. The third-order valence-corrected chi connectivity index (χ3v) is 3.91. The van der Waals surface area contributed by atoms with Crippen molar-refractivity contribution in [2.24, 2.45) is 0 Å². The van der Waals surface area contributed by atoms with Crippen molar-refractivity contribution in [1.29, 1.82) is 0 Å². The SMILES string of the molecule is [CH2-]C=CN(CCCCCCCC)CCCCCCCC.[Li+]. The van der Waals surface area contributed by atoms with E-state index in [0.29, 0.717) is 0 Å². The summed E-state index contributed by atoms with van der Waals surface area (Å²) in [5, 5.41) is 0. The van der Waals surface area contributed by atoms with Gasteiger partial charge in [-0.05, 0) is 12.8 Å². The molecule has 1 nitrogen and oxygen atoms in total. The molecule has 0 radical (unpaired) electrons. The molecule has 0 aliphatic rings. The summed E-state index contributed by atoms with van der Waals surface area (Å²) >= 11 is 0. The predicted molar refractivity (Wildman–Crippen MR) is 92.8 cm³/mol. The van der Waals surface area contributed by atoms with Crippen LogP contribution in [-0.2, 0) is 0 Å². The first-order valence-electron chi connectivity index (χ1n) is 9.05. The second-order valence-corrected chi connectivity index (χ2v) is 5.96. The molecule has 0 rings (SSSR count). The third-order valence-electron chi connectivity index (χ3n) is 3.91. The van der Waals surface area contributed by atoms with Crippen LogP contribution in [0.4, 0.5) is 0 Å². The summed E-state index contributed by atoms with van der Waals surface area (Å²) in [5.41, 5.74) is 0. The van der Waals surface area contributed by atoms with Gasteiger partial charge in [0.15, 0.2) is 0 Å². The van der Waals surface area contributed by atoms with Gasteiger partial charge in [0.05, 0.1) is 0 Å². The van der Waals surface area contributed by atoms with Crippen LogP contribution in [0.15, 0.2) is 12.3 Å². The van der Waals surface area contributed by atoms with Gasteiger partial charge in [-0.3, -0.25) is 0 Å². The van der Waals surface area contributed by atoms with Crippen molar-refractivity contribution in [3.63, 3.8) is 0 Å². The molecular formula is C19H38LiN. The topological polar surface area (TPSA) is 3.24 Å². The number of nitrogens with zero attached hydrogens (tertiary/aromatic N) is 1. The Balaban J connectivity index is 0. The summed E-state index contributed by atoms with van der Waals surface area (Å²) in [6.07, 6.45) is 20.7. The molecule has 0 aromatic carbocycles. The fraction of sp³-hybridized carbons (Fsp3) is 0.842. The fourth-order valence-corrected chi connectivity index (χ4v) is 2.60. The van der Waals surface area contributed by atoms with E-state index in [1.807, 2.05) is 6.08 Å². The van der Waals surface area contributed by atoms with Crippen molar-refractivity contribution >= 4 is 0 Å². The van der Waals surface area contributed by atoms with Crippen LogP contribution in [0.2, 0.25) is 0 Å². The molecule has 2 heteroatoms. The van der Waals surface area contributed by atoms with Gasteiger partial charge in [-0.15, -0.1) is 6.20 Å². The smallest absolute Gasteiger partial charge is 0.455 e. The van der Waals surface area contributed by atoms with Gasteiger partial charge in [-0.2, -0.15) is 0 Å². The molecule has 0 N–H and O–H groups in total. The average Bonchev–Trinajstić information content (AvgIpc) is 2.46. The minimum absolute atomic E-state index is 0. The van der Waals surface area contributed by atoms with Crippen LogP contribution in [0, 0.1) is 6.92 Å². The average molecular weight is 287 g/mol. The first-order valence-corrected chi connectivity index (χ1v) is 9.05. The second-order valence-electron chi connectivity index (χ2n) is 5.96. The van der Waals surface area contributed by atoms with Crippen molar-refractivity contribution < 1.29 is 18.9 Å². The molecule has 21 heavy (non-hydrogen) atoms. The Morgan fingerprint density at radius 3 is 1.43 bits per heavy atom. The van der Waals surface area contributed by atoms with Crippen molar-refractivity contribution in [2.45, 2.75) is 90.9 Å². The third kappa shape index (κ3) is 18.0. The molecule has 0 aliphatic heterocycles. The van der Waals surface area contributed by atoms with E-state index in [2.05, 4.69) is 31.9 Å². The van der Waals surface area contributed by atoms with Gasteiger partial charge < -0.3 is 4.90 Å². The van der Waals surface area contributed by atoms with Gasteiger partial charge in [-0.25, -0.2) is 13.0 Å². The summed E-state index contributed by atoms with van der Waals surface area (Å²) in [4.78, 5) is 2.46. The number of allylic oxidation sites excluding steroid dienone is 1. The normalized spacial score (nSPS) is 10.8. The van der Waals surface area contributed by atoms with Gasteiger partial charge in [0.2, 0.25) is 0 Å². The molecule has 0 atom stereocenters. The van der Waals surface area contributed by atoms with Crippen LogP contribution in [0.1, 0.15) is 90.9 Å². The molecule has 0 heterocycles. The molecule has 0 unspecified atom stereocenters. The zero-order valence-electron chi connectivity index (χ0n) is 15.2. The standard InChI is InChI=1S/C19H38N.Li/c1-4-7-9-11-13-15-18-20(17-6-3)19-16-14-12-10-8-5-2;/h6,17H,3-5,7-16,18-19H2,1-2H3;/q-1;+1. The molecule has 0 aliphatic carbocycles. The van der Waals surface area contributed by atoms with Gasteiger partial charge in [-0.1, -0.05) is 78.1 Å². The van der Waals surface area contributed by atoms with Crippen LogP contribution in [-0.4, -0.2) is 18.0 Å². The molecule has 0 bridgehead atoms. The Bertz CT molecular complexity index is 188. The van der Waals surface area contributed by atoms with Gasteiger partial charge >= 0.3 is 18.9 Å². The van der Waals surface area contributed by atoms with Crippen LogP contribution in [0.5, 0.6) is 0 Å². The van der Waals surface area contributed by atoms with Gasteiger partial charge in [0.1, 0.15) is 0 Å². The fourth-order valence-electron chi connectivity index (χ4n) is 2.60. The molecule has 0 aromatic heterocycles. The monoisotopic (exact) mass is 287 g/mol. The predicted octanol–water partition coefficient (Wildman–Crippen LogP) is 3.36. The maximum Gasteiger partial charge on any atom is 1.00 e. The number of hydrogen-bond donors (Lipinski definition) is 0. The minimum atomic E-state index is 0. The minimum Gasteiger partial charge on any atom is -0.455 e. The summed E-state index contributed by atoms with van der Waals surface area (Å²) in [7, 11) is 0. The molecule has 0 amide bonds. The second kappa shape index (κ2) is 20.0. The van der Waals surface area contributed by atoms with E-state index < -0.39 is 0 Å². The van der Waals surface area contributed by atoms with Crippen LogP contribution < -0.4 is 18.9 Å². The zero-order chi connectivity index (χ0) is 14.9. The Hall–Kier alpha value is 0.00740. The number of unbranched alkanes of at least 4 members (excludes halogenated alkanes) is 10. The zero-order valence-corrected chi connectivity index (χ0v) is 15.2. The largest absolute Gasteiger partial charge is 1.00 e. The summed E-state index contributed by atoms with van der Waals surface area (Å²) < 4.78 is 0. The summed E-state index contributed by atoms with van der Waals surface area (Å²) in [6.45, 7) is 10.8. The quantitative estimate of drug-likeness (QED) is 0.254. The van der Waals surface area contributed by atoms with E-state index in [0.717, 1.165) is 0 Å². The van der Waals surface area contributed by atoms with Crippen LogP contribution in [0.25, 0.3) is 0 Å². The molecule has 0 aromatic rings. The van der Waals surface area contributed by atoms with Crippen molar-refractivity contribution in [3.05, 3.63) is 19.2 Å². The number of hydrogen-bond acceptors (Lipinski definition) is 1. The summed E-state index contributed by atoms with van der Waals surface area (Å²) in [6, 6.07) is 0. The van der Waals surface area contributed by atoms with E-state index in [9.17, 15) is 0 Å². The Morgan fingerprint density at radius 2 is 1.05 bits per heavy atom. The Labute approximate surface area is 147 Å². The van der Waals surface area contributed by atoms with Crippen LogP contribution in [0.3, 0.4) is 0 Å². The summed E-state index contributed by atoms with van der Waals surface area (Å²) in [5.74, 6) is 0. The first kappa shape index (κ1) is 23.3. The molecular weight excluding hydrogens is 249 g/mol. The van der Waals surface area contributed by atoms with Gasteiger partial charge in [0.25, 0.3) is 0 Å². The van der Waals surface area contributed by atoms with E-state index in [-0.39, 0.29) is 18.9 Å². The van der Waals surface area contributed by atoms with Crippen molar-refractivity contribution in [3.8, 4) is 0 Å². The van der Waals surface area contributed by atoms with E-state index in [1.165, 1.54) is 90.1 Å². The number of rotatable bonds is 15. The maximum atomic E-state index is 3.84. The Morgan fingerprint density at radius 1 is 0.667 bits per heavy atom. The van der Waals surface area contributed by atoms with Crippen molar-refractivity contribution in [2.75, 3.05) is 13.1 Å². The van der Waals surface area contributed by atoms with E-state index in [1.54, 1.807) is 0 Å². The van der Waals surface area contributed by atoms with E-state index >= 15 is 0 Å². The molecule has 0 fully saturated rings. The molecule has 0 spiro atoms. The van der Waals surface area contributed by atoms with Crippen molar-refractivity contribution in [1.82, 2.24) is 4.90 Å². The Kier molecular flexibility index (Phi) is 22.2. The van der Waals surface area contributed by atoms with Gasteiger partial charge in [0, 0.05) is 13.1 Å². The maximum absolute atomic E-state index is 3.84. The molecule has 0 saturated carbocycles. The molecule has 120 valence electrons. The van der Waals surface area contributed by atoms with Crippen LogP contribution >= 0.6 is 0 Å². The molecule has 0 saturated heterocycles.